The molecule has 0 unspecified atom stereocenters. The van der Waals surface area contributed by atoms with Crippen molar-refractivity contribution in [1.29, 1.82) is 0 Å². The molecule has 1 heterocycles. The highest BCUT2D eigenvalue weighted by atomic mass is 19.4. The van der Waals surface area contributed by atoms with Gasteiger partial charge in [-0.25, -0.2) is 4.98 Å². The van der Waals surface area contributed by atoms with E-state index in [-0.39, 0.29) is 18.4 Å². The van der Waals surface area contributed by atoms with Crippen LogP contribution in [0.5, 0.6) is 5.88 Å². The van der Waals surface area contributed by atoms with E-state index in [9.17, 15) is 13.2 Å². The largest absolute Gasteiger partial charge is 0.478 e. The molecule has 0 spiro atoms. The van der Waals surface area contributed by atoms with Crippen LogP contribution in [-0.2, 0) is 5.41 Å². The Kier molecular flexibility index (Phi) is 5.80. The van der Waals surface area contributed by atoms with E-state index in [0.717, 1.165) is 0 Å². The summed E-state index contributed by atoms with van der Waals surface area (Å²) in [5.41, 5.74) is -0.268. The van der Waals surface area contributed by atoms with Crippen molar-refractivity contribution in [3.05, 3.63) is 11.9 Å². The van der Waals surface area contributed by atoms with Crippen LogP contribution in [0, 0.1) is 0 Å². The van der Waals surface area contributed by atoms with Crippen molar-refractivity contribution in [2.24, 2.45) is 0 Å². The Bertz CT molecular complexity index is 456. The second-order valence-corrected chi connectivity index (χ2v) is 5.76. The molecule has 0 aromatic carbocycles. The first-order valence-electron chi connectivity index (χ1n) is 6.95. The zero-order chi connectivity index (χ0) is 16.1. The molecule has 0 saturated carbocycles. The van der Waals surface area contributed by atoms with E-state index in [0.29, 0.717) is 24.1 Å². The van der Waals surface area contributed by atoms with Crippen LogP contribution in [0.25, 0.3) is 0 Å². The second kappa shape index (κ2) is 6.95. The van der Waals surface area contributed by atoms with Gasteiger partial charge >= 0.3 is 6.18 Å². The van der Waals surface area contributed by atoms with Gasteiger partial charge in [-0.05, 0) is 13.3 Å². The van der Waals surface area contributed by atoms with Crippen molar-refractivity contribution >= 4 is 5.82 Å². The molecule has 0 atom stereocenters. The van der Waals surface area contributed by atoms with Gasteiger partial charge < -0.3 is 10.1 Å². The number of nitrogens with zero attached hydrogens (tertiary/aromatic N) is 2. The summed E-state index contributed by atoms with van der Waals surface area (Å²) in [6.45, 7) is 8.49. The van der Waals surface area contributed by atoms with Crippen LogP contribution in [0.3, 0.4) is 0 Å². The number of rotatable bonds is 6. The summed E-state index contributed by atoms with van der Waals surface area (Å²) >= 11 is 0. The molecule has 1 aromatic rings. The van der Waals surface area contributed by atoms with Gasteiger partial charge in [-0.3, -0.25) is 0 Å². The fraction of sp³-hybridized carbons (Fsp3) is 0.714. The van der Waals surface area contributed by atoms with Crippen molar-refractivity contribution in [1.82, 2.24) is 9.97 Å². The number of hydrogen-bond donors (Lipinski definition) is 1. The Morgan fingerprint density at radius 1 is 1.19 bits per heavy atom. The molecule has 1 aromatic heterocycles. The molecule has 21 heavy (non-hydrogen) atoms. The third kappa shape index (κ3) is 6.64. The maximum Gasteiger partial charge on any atom is 0.389 e. The molecular formula is C14H22F3N3O. The van der Waals surface area contributed by atoms with E-state index in [1.807, 2.05) is 27.7 Å². The van der Waals surface area contributed by atoms with Crippen molar-refractivity contribution in [3.63, 3.8) is 0 Å². The maximum absolute atomic E-state index is 12.1. The number of halogens is 3. The molecule has 1 rings (SSSR count). The number of alkyl halides is 3. The topological polar surface area (TPSA) is 47.0 Å². The van der Waals surface area contributed by atoms with E-state index in [4.69, 9.17) is 4.74 Å². The molecule has 4 nitrogen and oxygen atoms in total. The molecule has 0 amide bonds. The fourth-order valence-electron chi connectivity index (χ4n) is 1.56. The summed E-state index contributed by atoms with van der Waals surface area (Å²) in [6.07, 6.45) is -5.10. The zero-order valence-electron chi connectivity index (χ0n) is 12.8. The summed E-state index contributed by atoms with van der Waals surface area (Å²) in [5.74, 6) is 1.50. The van der Waals surface area contributed by atoms with Gasteiger partial charge in [0.2, 0.25) is 5.88 Å². The van der Waals surface area contributed by atoms with Gasteiger partial charge in [-0.15, -0.1) is 0 Å². The molecule has 0 saturated heterocycles. The lowest BCUT2D eigenvalue weighted by atomic mass is 9.96. The average Bonchev–Trinajstić information content (AvgIpc) is 2.33. The van der Waals surface area contributed by atoms with E-state index < -0.39 is 12.6 Å². The Balaban J connectivity index is 2.74. The smallest absolute Gasteiger partial charge is 0.389 e. The first-order chi connectivity index (χ1) is 9.62. The molecule has 120 valence electrons. The highest BCUT2D eigenvalue weighted by Gasteiger charge is 2.26. The summed E-state index contributed by atoms with van der Waals surface area (Å²) in [6, 6.07) is 1.60. The Hall–Kier alpha value is -1.53. The van der Waals surface area contributed by atoms with Crippen molar-refractivity contribution in [2.45, 2.75) is 52.1 Å². The molecule has 0 aliphatic carbocycles. The van der Waals surface area contributed by atoms with Crippen molar-refractivity contribution in [2.75, 3.05) is 18.5 Å². The Morgan fingerprint density at radius 2 is 1.86 bits per heavy atom. The van der Waals surface area contributed by atoms with Crippen LogP contribution in [-0.4, -0.2) is 29.3 Å². The van der Waals surface area contributed by atoms with Crippen LogP contribution in [0.15, 0.2) is 6.07 Å². The van der Waals surface area contributed by atoms with E-state index in [2.05, 4.69) is 15.3 Å². The minimum absolute atomic E-state index is 0.0222. The monoisotopic (exact) mass is 305 g/mol. The SMILES string of the molecule is CCNc1cc(OCCCC(F)(F)F)nc(C(C)(C)C)n1. The Labute approximate surface area is 123 Å². The van der Waals surface area contributed by atoms with E-state index in [1.165, 1.54) is 0 Å². The van der Waals surface area contributed by atoms with E-state index in [1.54, 1.807) is 6.07 Å². The highest BCUT2D eigenvalue weighted by Crippen LogP contribution is 2.24. The standard InChI is InChI=1S/C14H22F3N3O/c1-5-18-10-9-11(20-12(19-10)13(2,3)4)21-8-6-7-14(15,16)17/h9H,5-8H2,1-4H3,(H,18,19,20). The average molecular weight is 305 g/mol. The normalized spacial score (nSPS) is 12.3. The zero-order valence-corrected chi connectivity index (χ0v) is 12.8. The number of nitrogens with one attached hydrogen (secondary N) is 1. The lowest BCUT2D eigenvalue weighted by Crippen LogP contribution is -2.18. The predicted molar refractivity (Wildman–Crippen MR) is 75.7 cm³/mol. The number of ether oxygens (including phenoxy) is 1. The van der Waals surface area contributed by atoms with Gasteiger partial charge in [0.1, 0.15) is 11.6 Å². The highest BCUT2D eigenvalue weighted by molar-refractivity contribution is 5.39. The molecule has 0 radical (unpaired) electrons. The van der Waals surface area contributed by atoms with Gasteiger partial charge in [0.05, 0.1) is 6.61 Å². The van der Waals surface area contributed by atoms with Crippen LogP contribution in [0.4, 0.5) is 19.0 Å². The third-order valence-corrected chi connectivity index (χ3v) is 2.59. The maximum atomic E-state index is 12.1. The molecule has 0 bridgehead atoms. The summed E-state index contributed by atoms with van der Waals surface area (Å²) in [7, 11) is 0. The number of anilines is 1. The van der Waals surface area contributed by atoms with Gasteiger partial charge in [-0.2, -0.15) is 18.2 Å². The van der Waals surface area contributed by atoms with Crippen molar-refractivity contribution < 1.29 is 17.9 Å². The molecule has 1 N–H and O–H groups in total. The summed E-state index contributed by atoms with van der Waals surface area (Å²) in [5, 5.41) is 3.06. The quantitative estimate of drug-likeness (QED) is 0.809. The van der Waals surface area contributed by atoms with Gasteiger partial charge in [-0.1, -0.05) is 20.8 Å². The summed E-state index contributed by atoms with van der Waals surface area (Å²) < 4.78 is 41.6. The minimum Gasteiger partial charge on any atom is -0.478 e. The molecule has 0 fully saturated rings. The van der Waals surface area contributed by atoms with Crippen LogP contribution >= 0.6 is 0 Å². The van der Waals surface area contributed by atoms with Crippen molar-refractivity contribution in [3.8, 4) is 5.88 Å². The minimum atomic E-state index is -4.15. The van der Waals surface area contributed by atoms with Crippen LogP contribution < -0.4 is 10.1 Å². The second-order valence-electron chi connectivity index (χ2n) is 5.76. The molecule has 0 aliphatic heterocycles. The molecule has 0 aliphatic rings. The Morgan fingerprint density at radius 3 is 2.38 bits per heavy atom. The van der Waals surface area contributed by atoms with Gasteiger partial charge in [0.25, 0.3) is 0 Å². The first-order valence-corrected chi connectivity index (χ1v) is 6.95. The van der Waals surface area contributed by atoms with Crippen LogP contribution in [0.2, 0.25) is 0 Å². The van der Waals surface area contributed by atoms with Crippen LogP contribution in [0.1, 0.15) is 46.4 Å². The first kappa shape index (κ1) is 17.5. The molecular weight excluding hydrogens is 283 g/mol. The summed E-state index contributed by atoms with van der Waals surface area (Å²) in [4.78, 5) is 8.65. The lowest BCUT2D eigenvalue weighted by Gasteiger charge is -2.19. The lowest BCUT2D eigenvalue weighted by molar-refractivity contribution is -0.136. The fourth-order valence-corrected chi connectivity index (χ4v) is 1.56. The van der Waals surface area contributed by atoms with E-state index >= 15 is 0 Å². The molecule has 7 heteroatoms. The number of hydrogen-bond acceptors (Lipinski definition) is 4. The number of aromatic nitrogens is 2. The third-order valence-electron chi connectivity index (χ3n) is 2.59. The predicted octanol–water partition coefficient (Wildman–Crippen LogP) is 3.93. The van der Waals surface area contributed by atoms with Gasteiger partial charge in [0, 0.05) is 24.4 Å². The van der Waals surface area contributed by atoms with Gasteiger partial charge in [0.15, 0.2) is 0 Å².